The van der Waals surface area contributed by atoms with Crippen LogP contribution < -0.4 is 4.74 Å². The first kappa shape index (κ1) is 26.1. The molecule has 4 rings (SSSR count). The van der Waals surface area contributed by atoms with Crippen molar-refractivity contribution in [2.75, 3.05) is 20.3 Å². The molecule has 0 unspecified atom stereocenters. The van der Waals surface area contributed by atoms with Crippen LogP contribution in [-0.4, -0.2) is 43.6 Å². The van der Waals surface area contributed by atoms with Crippen LogP contribution in [0.25, 0.3) is 0 Å². The van der Waals surface area contributed by atoms with Crippen LogP contribution >= 0.6 is 0 Å². The fourth-order valence-corrected chi connectivity index (χ4v) is 5.54. The van der Waals surface area contributed by atoms with Crippen LogP contribution in [0.15, 0.2) is 78.9 Å². The Morgan fingerprint density at radius 1 is 1.19 bits per heavy atom. The molecule has 1 aliphatic carbocycles. The zero-order valence-electron chi connectivity index (χ0n) is 20.7. The van der Waals surface area contributed by atoms with Crippen LogP contribution in [0.5, 0.6) is 5.75 Å². The highest BCUT2D eigenvalue weighted by atomic mass is 19.1. The number of methoxy groups -OCH3 is 1. The first-order valence-electron chi connectivity index (χ1n) is 12.7. The van der Waals surface area contributed by atoms with E-state index in [1.807, 2.05) is 6.07 Å². The van der Waals surface area contributed by atoms with Crippen molar-refractivity contribution in [3.05, 3.63) is 90.3 Å². The summed E-state index contributed by atoms with van der Waals surface area (Å²) in [6, 6.07) is 16.3. The van der Waals surface area contributed by atoms with E-state index in [-0.39, 0.29) is 35.8 Å². The highest BCUT2D eigenvalue weighted by molar-refractivity contribution is 5.69. The minimum absolute atomic E-state index is 0.0626. The van der Waals surface area contributed by atoms with E-state index in [1.165, 1.54) is 24.8 Å². The van der Waals surface area contributed by atoms with Gasteiger partial charge in [0.25, 0.3) is 0 Å². The second kappa shape index (κ2) is 12.3. The Balaban J connectivity index is 1.42. The average molecular weight is 495 g/mol. The van der Waals surface area contributed by atoms with Gasteiger partial charge < -0.3 is 19.3 Å². The largest absolute Gasteiger partial charge is 0.491 e. The summed E-state index contributed by atoms with van der Waals surface area (Å²) in [5.74, 6) is 0.514. The summed E-state index contributed by atoms with van der Waals surface area (Å²) < 4.78 is 29.6. The molecule has 1 aliphatic heterocycles. The number of ether oxygens (including phenoxy) is 3. The van der Waals surface area contributed by atoms with Crippen LogP contribution in [-0.2, 0) is 19.7 Å². The van der Waals surface area contributed by atoms with Crippen LogP contribution in [0.3, 0.4) is 0 Å². The van der Waals surface area contributed by atoms with Gasteiger partial charge in [-0.1, -0.05) is 54.6 Å². The van der Waals surface area contributed by atoms with Crippen LogP contribution in [0.2, 0.25) is 0 Å². The van der Waals surface area contributed by atoms with Gasteiger partial charge in [-0.05, 0) is 61.4 Å². The zero-order valence-corrected chi connectivity index (χ0v) is 20.7. The zero-order chi connectivity index (χ0) is 25.4. The first-order valence-corrected chi connectivity index (χ1v) is 12.7. The molecular formula is C30H35FO5. The maximum absolute atomic E-state index is 13.1. The molecule has 2 fully saturated rings. The number of unbranched alkanes of at least 4 members (excludes halogenated alkanes) is 1. The monoisotopic (exact) mass is 494 g/mol. The summed E-state index contributed by atoms with van der Waals surface area (Å²) in [4.78, 5) is 11.3. The first-order chi connectivity index (χ1) is 17.5. The number of aliphatic hydroxyl groups is 1. The Morgan fingerprint density at radius 3 is 2.72 bits per heavy atom. The number of allylic oxidation sites excluding steroid dienone is 2. The molecule has 5 nitrogen and oxygen atoms in total. The maximum Gasteiger partial charge on any atom is 0.305 e. The molecule has 0 spiro atoms. The van der Waals surface area contributed by atoms with Crippen molar-refractivity contribution in [2.45, 2.75) is 49.7 Å². The Bertz CT molecular complexity index is 1040. The minimum atomic E-state index is -0.781. The predicted molar refractivity (Wildman–Crippen MR) is 136 cm³/mol. The van der Waals surface area contributed by atoms with Gasteiger partial charge in [0.1, 0.15) is 24.3 Å². The smallest absolute Gasteiger partial charge is 0.305 e. The molecule has 1 saturated heterocycles. The summed E-state index contributed by atoms with van der Waals surface area (Å²) in [5.41, 5.74) is 1.24. The highest BCUT2D eigenvalue weighted by Crippen LogP contribution is 2.57. The third-order valence-electron chi connectivity index (χ3n) is 7.40. The standard InChI is InChI=1S/C30H35FO5/c1-34-29(33)12-8-3-2-7-11-27-26(18-15-24(32)20-35-25-16-13-23(31)14-17-25)28-19-30(27,21-36-28)22-9-5-4-6-10-22/h2,4-7,9-10,13-18,24,26-28,32H,3,8,11-12,19-21H2,1H3/t24-,26-,27-,28-,30-/m0/s1. The molecule has 0 radical (unpaired) electrons. The third kappa shape index (κ3) is 6.23. The highest BCUT2D eigenvalue weighted by Gasteiger charge is 2.58. The fourth-order valence-electron chi connectivity index (χ4n) is 5.54. The van der Waals surface area contributed by atoms with Crippen molar-refractivity contribution >= 4 is 5.97 Å². The number of halogens is 1. The molecule has 2 bridgehead atoms. The lowest BCUT2D eigenvalue weighted by molar-refractivity contribution is -0.140. The number of esters is 1. The second-order valence-corrected chi connectivity index (χ2v) is 9.65. The lowest BCUT2D eigenvalue weighted by Gasteiger charge is -2.38. The molecule has 0 aromatic heterocycles. The van der Waals surface area contributed by atoms with Crippen LogP contribution in [0.4, 0.5) is 4.39 Å². The van der Waals surface area contributed by atoms with Crippen molar-refractivity contribution in [2.24, 2.45) is 11.8 Å². The van der Waals surface area contributed by atoms with E-state index in [0.717, 1.165) is 25.7 Å². The second-order valence-electron chi connectivity index (χ2n) is 9.65. The van der Waals surface area contributed by atoms with E-state index in [2.05, 4.69) is 42.5 Å². The number of hydrogen-bond donors (Lipinski definition) is 1. The van der Waals surface area contributed by atoms with E-state index in [9.17, 15) is 14.3 Å². The van der Waals surface area contributed by atoms with Crippen LogP contribution in [0, 0.1) is 17.7 Å². The molecule has 6 heteroatoms. The van der Waals surface area contributed by atoms with Gasteiger partial charge in [-0.3, -0.25) is 4.79 Å². The van der Waals surface area contributed by atoms with E-state index in [0.29, 0.717) is 24.7 Å². The lowest BCUT2D eigenvalue weighted by atomic mass is 9.69. The molecule has 1 heterocycles. The van der Waals surface area contributed by atoms with E-state index < -0.39 is 6.10 Å². The van der Waals surface area contributed by atoms with Crippen LogP contribution in [0.1, 0.15) is 37.7 Å². The number of rotatable bonds is 12. The SMILES string of the molecule is COC(=O)CCCC=CC[C@H]1[C@H](C=C[C@H](O)COc2ccc(F)cc2)[C@@H]2C[C@@]1(c1ccccc1)CO2. The van der Waals surface area contributed by atoms with Gasteiger partial charge in [-0.15, -0.1) is 0 Å². The Morgan fingerprint density at radius 2 is 1.97 bits per heavy atom. The lowest BCUT2D eigenvalue weighted by Crippen LogP contribution is -2.39. The van der Waals surface area contributed by atoms with Crippen molar-refractivity contribution in [1.29, 1.82) is 0 Å². The molecular weight excluding hydrogens is 459 g/mol. The summed E-state index contributed by atoms with van der Waals surface area (Å²) >= 11 is 0. The number of aliphatic hydroxyl groups excluding tert-OH is 1. The van der Waals surface area contributed by atoms with Gasteiger partial charge in [0.05, 0.1) is 19.8 Å². The number of hydrogen-bond acceptors (Lipinski definition) is 5. The van der Waals surface area contributed by atoms with Gasteiger partial charge >= 0.3 is 5.97 Å². The molecule has 5 atom stereocenters. The number of carbonyl (C=O) groups is 1. The molecule has 1 N–H and O–H groups in total. The van der Waals surface area contributed by atoms with E-state index in [1.54, 1.807) is 18.2 Å². The topological polar surface area (TPSA) is 65.0 Å². The normalized spacial score (nSPS) is 26.0. The van der Waals surface area contributed by atoms with Gasteiger partial charge in [0.2, 0.25) is 0 Å². The molecule has 2 aromatic carbocycles. The van der Waals surface area contributed by atoms with Crippen molar-refractivity contribution in [1.82, 2.24) is 0 Å². The summed E-state index contributed by atoms with van der Waals surface area (Å²) in [5, 5.41) is 10.5. The Labute approximate surface area is 212 Å². The van der Waals surface area contributed by atoms with Crippen molar-refractivity contribution in [3.63, 3.8) is 0 Å². The van der Waals surface area contributed by atoms with E-state index in [4.69, 9.17) is 14.2 Å². The predicted octanol–water partition coefficient (Wildman–Crippen LogP) is 5.38. The van der Waals surface area contributed by atoms with Gasteiger partial charge in [-0.25, -0.2) is 4.39 Å². The fraction of sp³-hybridized carbons (Fsp3) is 0.433. The molecule has 2 aliphatic rings. The average Bonchev–Trinajstić information content (AvgIpc) is 3.47. The molecule has 2 aromatic rings. The number of fused-ring (bicyclic) bond motifs is 2. The van der Waals surface area contributed by atoms with Crippen molar-refractivity contribution < 1.29 is 28.5 Å². The van der Waals surface area contributed by atoms with Gasteiger partial charge in [-0.2, -0.15) is 0 Å². The quantitative estimate of drug-likeness (QED) is 0.244. The third-order valence-corrected chi connectivity index (χ3v) is 7.40. The van der Waals surface area contributed by atoms with Gasteiger partial charge in [0.15, 0.2) is 0 Å². The van der Waals surface area contributed by atoms with E-state index >= 15 is 0 Å². The molecule has 36 heavy (non-hydrogen) atoms. The summed E-state index contributed by atoms with van der Waals surface area (Å²) in [6.45, 7) is 0.790. The molecule has 192 valence electrons. The minimum Gasteiger partial charge on any atom is -0.491 e. The number of benzene rings is 2. The Hall–Kier alpha value is -2.96. The molecule has 1 saturated carbocycles. The summed E-state index contributed by atoms with van der Waals surface area (Å²) in [7, 11) is 1.41. The van der Waals surface area contributed by atoms with Gasteiger partial charge in [0, 0.05) is 17.8 Å². The number of carbonyl (C=O) groups excluding carboxylic acids is 1. The summed E-state index contributed by atoms with van der Waals surface area (Å²) in [6.07, 6.45) is 11.5. The van der Waals surface area contributed by atoms with Crippen molar-refractivity contribution in [3.8, 4) is 5.75 Å². The Kier molecular flexibility index (Phi) is 8.94. The maximum atomic E-state index is 13.1. The molecule has 0 amide bonds.